The van der Waals surface area contributed by atoms with Gasteiger partial charge in [0.2, 0.25) is 0 Å². The lowest BCUT2D eigenvalue weighted by molar-refractivity contribution is -0.136. The Labute approximate surface area is 78.6 Å². The summed E-state index contributed by atoms with van der Waals surface area (Å²) in [5.41, 5.74) is 0. The second-order valence-corrected chi connectivity index (χ2v) is 1.66. The highest BCUT2D eigenvalue weighted by atomic mass is 16.4. The number of nitrogens with zero attached hydrogens (tertiary/aromatic N) is 2. The van der Waals surface area contributed by atoms with Crippen LogP contribution in [0.5, 0.6) is 0 Å². The van der Waals surface area contributed by atoms with Crippen LogP contribution in [0.4, 0.5) is 0 Å². The Morgan fingerprint density at radius 1 is 1.23 bits per heavy atom. The molecule has 1 N–H and O–H groups in total. The van der Waals surface area contributed by atoms with Crippen LogP contribution in [0.15, 0.2) is 24.5 Å². The second-order valence-electron chi connectivity index (χ2n) is 1.66. The number of carbonyl (C=O) groups is 1. The minimum Gasteiger partial charge on any atom is -0.481 e. The molecule has 0 aliphatic carbocycles. The Morgan fingerprint density at radius 3 is 1.62 bits per heavy atom. The number of carboxylic acid groups (broad SMARTS) is 1. The maximum Gasteiger partial charge on any atom is 0.303 e. The first-order chi connectivity index (χ1) is 6.27. The topological polar surface area (TPSA) is 63.1 Å². The first-order valence-electron chi connectivity index (χ1n) is 4.20. The van der Waals surface area contributed by atoms with E-state index in [4.69, 9.17) is 5.11 Å². The second kappa shape index (κ2) is 13.2. The summed E-state index contributed by atoms with van der Waals surface area (Å²) in [6, 6.07) is 3.65. The highest BCUT2D eigenvalue weighted by molar-refractivity contribution is 5.66. The average Bonchev–Trinajstić information content (AvgIpc) is 2.24. The molecule has 1 aromatic heterocycles. The normalized spacial score (nSPS) is 7.00. The van der Waals surface area contributed by atoms with Gasteiger partial charge in [-0.25, -0.2) is 0 Å². The van der Waals surface area contributed by atoms with E-state index in [1.165, 1.54) is 0 Å². The molecule has 1 aromatic rings. The van der Waals surface area contributed by atoms with E-state index in [-0.39, 0.29) is 6.42 Å². The fourth-order valence-corrected chi connectivity index (χ4v) is 0.253. The summed E-state index contributed by atoms with van der Waals surface area (Å²) in [6.45, 7) is 5.60. The molecule has 0 aliphatic rings. The fraction of sp³-hybridized carbons (Fsp3) is 0.444. The van der Waals surface area contributed by atoms with Crippen molar-refractivity contribution in [2.45, 2.75) is 27.2 Å². The Morgan fingerprint density at radius 2 is 1.54 bits per heavy atom. The molecule has 0 saturated carbocycles. The maximum atomic E-state index is 9.37. The van der Waals surface area contributed by atoms with Gasteiger partial charge in [0.15, 0.2) is 0 Å². The van der Waals surface area contributed by atoms with Gasteiger partial charge in [0, 0.05) is 18.8 Å². The van der Waals surface area contributed by atoms with E-state index in [9.17, 15) is 4.79 Å². The SMILES string of the molecule is CC.CCC(=O)O.c1ccnnc1. The van der Waals surface area contributed by atoms with Crippen molar-refractivity contribution in [3.8, 4) is 0 Å². The molecular formula is C9H16N2O2. The summed E-state index contributed by atoms with van der Waals surface area (Å²) in [6.07, 6.45) is 3.50. The standard InChI is InChI=1S/C4H4N2.C3H6O2.C2H6/c1-2-4-6-5-3-1;1-2-3(4)5;1-2/h1-4H;2H2,1H3,(H,4,5);1-2H3. The van der Waals surface area contributed by atoms with Crippen LogP contribution >= 0.6 is 0 Å². The molecule has 0 unspecified atom stereocenters. The maximum absolute atomic E-state index is 9.37. The van der Waals surface area contributed by atoms with Crippen molar-refractivity contribution >= 4 is 5.97 Å². The van der Waals surface area contributed by atoms with E-state index in [0.29, 0.717) is 0 Å². The monoisotopic (exact) mass is 184 g/mol. The highest BCUT2D eigenvalue weighted by Crippen LogP contribution is 1.68. The van der Waals surface area contributed by atoms with Gasteiger partial charge < -0.3 is 5.11 Å². The number of aliphatic carboxylic acids is 1. The fourth-order valence-electron chi connectivity index (χ4n) is 0.253. The Kier molecular flexibility index (Phi) is 14.3. The minimum absolute atomic E-state index is 0.222. The van der Waals surface area contributed by atoms with E-state index >= 15 is 0 Å². The molecule has 0 aliphatic heterocycles. The van der Waals surface area contributed by atoms with Gasteiger partial charge in [-0.15, -0.1) is 0 Å². The summed E-state index contributed by atoms with van der Waals surface area (Å²) in [4.78, 5) is 9.37. The lowest BCUT2D eigenvalue weighted by Gasteiger charge is -1.71. The van der Waals surface area contributed by atoms with Crippen LogP contribution in [0, 0.1) is 0 Å². The van der Waals surface area contributed by atoms with Gasteiger partial charge in [-0.1, -0.05) is 20.8 Å². The van der Waals surface area contributed by atoms with Crippen molar-refractivity contribution in [1.29, 1.82) is 0 Å². The highest BCUT2D eigenvalue weighted by Gasteiger charge is 1.80. The first kappa shape index (κ1) is 14.1. The molecule has 13 heavy (non-hydrogen) atoms. The molecule has 1 rings (SSSR count). The van der Waals surface area contributed by atoms with Crippen LogP contribution in [-0.4, -0.2) is 21.3 Å². The van der Waals surface area contributed by atoms with Gasteiger partial charge >= 0.3 is 5.97 Å². The molecule has 1 heterocycles. The van der Waals surface area contributed by atoms with Crippen molar-refractivity contribution in [1.82, 2.24) is 10.2 Å². The Bertz CT molecular complexity index is 163. The molecule has 0 bridgehead atoms. The van der Waals surface area contributed by atoms with Gasteiger partial charge in [-0.3, -0.25) is 4.79 Å². The number of carboxylic acids is 1. The molecular weight excluding hydrogens is 168 g/mol. The molecule has 4 heteroatoms. The molecule has 0 aromatic carbocycles. The molecule has 0 spiro atoms. The summed E-state index contributed by atoms with van der Waals surface area (Å²) in [7, 11) is 0. The third-order valence-electron chi connectivity index (χ3n) is 0.786. The lowest BCUT2D eigenvalue weighted by Crippen LogP contribution is -1.86. The van der Waals surface area contributed by atoms with Gasteiger partial charge in [-0.05, 0) is 12.1 Å². The van der Waals surface area contributed by atoms with Gasteiger partial charge in [0.1, 0.15) is 0 Å². The van der Waals surface area contributed by atoms with E-state index in [0.717, 1.165) is 0 Å². The number of aromatic nitrogens is 2. The first-order valence-corrected chi connectivity index (χ1v) is 4.20. The quantitative estimate of drug-likeness (QED) is 0.724. The van der Waals surface area contributed by atoms with Gasteiger partial charge in [-0.2, -0.15) is 10.2 Å². The molecule has 0 amide bonds. The zero-order valence-electron chi connectivity index (χ0n) is 8.27. The Balaban J connectivity index is 0. The average molecular weight is 184 g/mol. The molecule has 0 fully saturated rings. The van der Waals surface area contributed by atoms with Crippen molar-refractivity contribution in [3.05, 3.63) is 24.5 Å². The lowest BCUT2D eigenvalue weighted by atomic mass is 10.5. The molecule has 0 saturated heterocycles. The molecule has 4 nitrogen and oxygen atoms in total. The summed E-state index contributed by atoms with van der Waals surface area (Å²) in [5, 5.41) is 14.8. The van der Waals surface area contributed by atoms with E-state index < -0.39 is 5.97 Å². The predicted molar refractivity (Wildman–Crippen MR) is 51.3 cm³/mol. The Hall–Kier alpha value is -1.45. The summed E-state index contributed by atoms with van der Waals surface area (Å²) < 4.78 is 0. The summed E-state index contributed by atoms with van der Waals surface area (Å²) >= 11 is 0. The molecule has 74 valence electrons. The third kappa shape index (κ3) is 18.0. The van der Waals surface area contributed by atoms with E-state index in [1.807, 2.05) is 26.0 Å². The third-order valence-corrected chi connectivity index (χ3v) is 0.786. The minimum atomic E-state index is -0.745. The molecule has 0 radical (unpaired) electrons. The van der Waals surface area contributed by atoms with E-state index in [1.54, 1.807) is 19.3 Å². The number of hydrogen-bond acceptors (Lipinski definition) is 3. The van der Waals surface area contributed by atoms with Crippen molar-refractivity contribution in [3.63, 3.8) is 0 Å². The van der Waals surface area contributed by atoms with Crippen LogP contribution in [0.1, 0.15) is 27.2 Å². The molecule has 0 atom stereocenters. The largest absolute Gasteiger partial charge is 0.481 e. The van der Waals surface area contributed by atoms with E-state index in [2.05, 4.69) is 10.2 Å². The van der Waals surface area contributed by atoms with Crippen LogP contribution in [0.25, 0.3) is 0 Å². The van der Waals surface area contributed by atoms with Crippen LogP contribution < -0.4 is 0 Å². The van der Waals surface area contributed by atoms with Gasteiger partial charge in [0.05, 0.1) is 0 Å². The zero-order chi connectivity index (χ0) is 10.5. The van der Waals surface area contributed by atoms with Gasteiger partial charge in [0.25, 0.3) is 0 Å². The predicted octanol–water partition coefficient (Wildman–Crippen LogP) is 1.98. The van der Waals surface area contributed by atoms with Crippen molar-refractivity contribution in [2.75, 3.05) is 0 Å². The number of hydrogen-bond donors (Lipinski definition) is 1. The van der Waals surface area contributed by atoms with Crippen LogP contribution in [-0.2, 0) is 4.79 Å². The van der Waals surface area contributed by atoms with Crippen molar-refractivity contribution < 1.29 is 9.90 Å². The zero-order valence-corrected chi connectivity index (χ0v) is 8.27. The summed E-state index contributed by atoms with van der Waals surface area (Å²) in [5.74, 6) is -0.745. The van der Waals surface area contributed by atoms with Crippen molar-refractivity contribution in [2.24, 2.45) is 0 Å². The smallest absolute Gasteiger partial charge is 0.303 e. The van der Waals surface area contributed by atoms with Crippen LogP contribution in [0.2, 0.25) is 0 Å². The van der Waals surface area contributed by atoms with Crippen LogP contribution in [0.3, 0.4) is 0 Å². The number of rotatable bonds is 1.